The van der Waals surface area contributed by atoms with Gasteiger partial charge in [-0.2, -0.15) is 0 Å². The minimum Gasteiger partial charge on any atom is -0.357 e. The van der Waals surface area contributed by atoms with Crippen molar-refractivity contribution in [3.05, 3.63) is 57.8 Å². The van der Waals surface area contributed by atoms with Crippen LogP contribution < -0.4 is 10.6 Å². The monoisotopic (exact) mass is 540 g/mol. The SMILES string of the molecule is CCNC(=NCc1ccc(C(=O)N2CCCCC2)cc1)NCC(C)c1cccs1.I. The van der Waals surface area contributed by atoms with Gasteiger partial charge in [-0.3, -0.25) is 4.79 Å². The third kappa shape index (κ3) is 7.27. The van der Waals surface area contributed by atoms with E-state index in [1.807, 2.05) is 29.2 Å². The van der Waals surface area contributed by atoms with E-state index >= 15 is 0 Å². The molecule has 2 heterocycles. The highest BCUT2D eigenvalue weighted by atomic mass is 127. The second-order valence-electron chi connectivity index (χ2n) is 7.54. The lowest BCUT2D eigenvalue weighted by Gasteiger charge is -2.26. The van der Waals surface area contributed by atoms with Crippen LogP contribution in [-0.2, 0) is 6.54 Å². The molecule has 1 unspecified atom stereocenters. The number of hydrogen-bond donors (Lipinski definition) is 2. The summed E-state index contributed by atoms with van der Waals surface area (Å²) in [5.74, 6) is 1.42. The number of carbonyl (C=O) groups excluding carboxylic acids is 1. The number of thiophene rings is 1. The molecule has 2 N–H and O–H groups in total. The van der Waals surface area contributed by atoms with E-state index in [4.69, 9.17) is 4.99 Å². The maximum atomic E-state index is 12.6. The molecule has 0 saturated carbocycles. The van der Waals surface area contributed by atoms with Gasteiger partial charge in [0, 0.05) is 42.5 Å². The fourth-order valence-electron chi connectivity index (χ4n) is 3.47. The highest BCUT2D eigenvalue weighted by Crippen LogP contribution is 2.19. The molecule has 0 bridgehead atoms. The van der Waals surface area contributed by atoms with Gasteiger partial charge in [0.2, 0.25) is 0 Å². The lowest BCUT2D eigenvalue weighted by Crippen LogP contribution is -2.39. The maximum absolute atomic E-state index is 12.6. The topological polar surface area (TPSA) is 56.7 Å². The summed E-state index contributed by atoms with van der Waals surface area (Å²) in [6, 6.07) is 12.2. The van der Waals surface area contributed by atoms with Crippen LogP contribution in [0.1, 0.15) is 59.8 Å². The number of guanidine groups is 1. The van der Waals surface area contributed by atoms with E-state index in [1.54, 1.807) is 11.3 Å². The number of nitrogens with zero attached hydrogens (tertiary/aromatic N) is 2. The van der Waals surface area contributed by atoms with E-state index in [0.29, 0.717) is 12.5 Å². The number of halogens is 1. The zero-order chi connectivity index (χ0) is 20.5. The minimum absolute atomic E-state index is 0. The van der Waals surface area contributed by atoms with Crippen molar-refractivity contribution in [3.8, 4) is 0 Å². The second-order valence-corrected chi connectivity index (χ2v) is 8.52. The predicted molar refractivity (Wildman–Crippen MR) is 137 cm³/mol. The maximum Gasteiger partial charge on any atom is 0.253 e. The van der Waals surface area contributed by atoms with Crippen LogP contribution in [0.15, 0.2) is 46.8 Å². The first-order valence-electron chi connectivity index (χ1n) is 10.6. The predicted octanol–water partition coefficient (Wildman–Crippen LogP) is 4.85. The Hall–Kier alpha value is -1.61. The van der Waals surface area contributed by atoms with Crippen molar-refractivity contribution in [2.45, 2.75) is 45.6 Å². The number of hydrogen-bond acceptors (Lipinski definition) is 3. The molecule has 1 amide bonds. The van der Waals surface area contributed by atoms with E-state index in [0.717, 1.165) is 56.1 Å². The molecule has 0 radical (unpaired) electrons. The number of nitrogens with one attached hydrogen (secondary N) is 2. The van der Waals surface area contributed by atoms with Crippen molar-refractivity contribution in [2.75, 3.05) is 26.2 Å². The van der Waals surface area contributed by atoms with Crippen LogP contribution >= 0.6 is 35.3 Å². The van der Waals surface area contributed by atoms with Gasteiger partial charge in [0.15, 0.2) is 5.96 Å². The fourth-order valence-corrected chi connectivity index (χ4v) is 4.25. The van der Waals surface area contributed by atoms with Crippen molar-refractivity contribution in [1.29, 1.82) is 0 Å². The van der Waals surface area contributed by atoms with Crippen LogP contribution in [0, 0.1) is 0 Å². The van der Waals surface area contributed by atoms with E-state index in [1.165, 1.54) is 11.3 Å². The molecule has 1 saturated heterocycles. The highest BCUT2D eigenvalue weighted by Gasteiger charge is 2.17. The van der Waals surface area contributed by atoms with E-state index in [-0.39, 0.29) is 29.9 Å². The molecular formula is C23H33IN4OS. The molecular weight excluding hydrogens is 507 g/mol. The normalized spacial score (nSPS) is 15.3. The van der Waals surface area contributed by atoms with Crippen molar-refractivity contribution in [1.82, 2.24) is 15.5 Å². The fraction of sp³-hybridized carbons (Fsp3) is 0.478. The molecule has 1 aliphatic rings. The van der Waals surface area contributed by atoms with Crippen molar-refractivity contribution < 1.29 is 4.79 Å². The van der Waals surface area contributed by atoms with Gasteiger partial charge in [0.1, 0.15) is 0 Å². The van der Waals surface area contributed by atoms with Gasteiger partial charge >= 0.3 is 0 Å². The Kier molecular flexibility index (Phi) is 10.6. The lowest BCUT2D eigenvalue weighted by atomic mass is 10.1. The molecule has 3 rings (SSSR count). The first-order valence-corrected chi connectivity index (χ1v) is 11.5. The number of amides is 1. The van der Waals surface area contributed by atoms with Gasteiger partial charge in [-0.1, -0.05) is 25.1 Å². The number of benzene rings is 1. The lowest BCUT2D eigenvalue weighted by molar-refractivity contribution is 0.0724. The summed E-state index contributed by atoms with van der Waals surface area (Å²) >= 11 is 1.79. The molecule has 0 aliphatic carbocycles. The molecule has 1 fully saturated rings. The third-order valence-electron chi connectivity index (χ3n) is 5.21. The van der Waals surface area contributed by atoms with Crippen LogP contribution in [0.5, 0.6) is 0 Å². The Morgan fingerprint density at radius 3 is 2.50 bits per heavy atom. The first kappa shape index (κ1) is 24.7. The molecule has 30 heavy (non-hydrogen) atoms. The molecule has 5 nitrogen and oxygen atoms in total. The van der Waals surface area contributed by atoms with Gasteiger partial charge in [0.05, 0.1) is 6.54 Å². The third-order valence-corrected chi connectivity index (χ3v) is 6.32. The Balaban J connectivity index is 0.00000320. The molecule has 1 aromatic carbocycles. The van der Waals surface area contributed by atoms with E-state index in [9.17, 15) is 4.79 Å². The van der Waals surface area contributed by atoms with Crippen LogP contribution in [-0.4, -0.2) is 42.9 Å². The average Bonchev–Trinajstić information content (AvgIpc) is 3.31. The van der Waals surface area contributed by atoms with Gasteiger partial charge in [-0.05, 0) is 55.3 Å². The Morgan fingerprint density at radius 1 is 1.13 bits per heavy atom. The Morgan fingerprint density at radius 2 is 1.87 bits per heavy atom. The van der Waals surface area contributed by atoms with Crippen LogP contribution in [0.25, 0.3) is 0 Å². The van der Waals surface area contributed by atoms with Crippen molar-refractivity contribution in [2.24, 2.45) is 4.99 Å². The van der Waals surface area contributed by atoms with Gasteiger partial charge in [-0.15, -0.1) is 35.3 Å². The second kappa shape index (κ2) is 12.9. The number of rotatable bonds is 7. The molecule has 164 valence electrons. The van der Waals surface area contributed by atoms with Gasteiger partial charge in [-0.25, -0.2) is 4.99 Å². The van der Waals surface area contributed by atoms with Gasteiger partial charge in [0.25, 0.3) is 5.91 Å². The van der Waals surface area contributed by atoms with E-state index in [2.05, 4.69) is 42.0 Å². The number of likely N-dealkylation sites (tertiary alicyclic amines) is 1. The highest BCUT2D eigenvalue weighted by molar-refractivity contribution is 14.0. The Labute approximate surface area is 201 Å². The molecule has 1 aromatic heterocycles. The zero-order valence-electron chi connectivity index (χ0n) is 17.9. The number of carbonyl (C=O) groups is 1. The summed E-state index contributed by atoms with van der Waals surface area (Å²) in [5, 5.41) is 8.86. The molecule has 1 aliphatic heterocycles. The summed E-state index contributed by atoms with van der Waals surface area (Å²) in [7, 11) is 0. The molecule has 1 atom stereocenters. The number of piperidine rings is 1. The summed E-state index contributed by atoms with van der Waals surface area (Å²) in [5.41, 5.74) is 1.87. The molecule has 2 aromatic rings. The van der Waals surface area contributed by atoms with Crippen LogP contribution in [0.4, 0.5) is 0 Å². The molecule has 7 heteroatoms. The first-order chi connectivity index (χ1) is 14.2. The van der Waals surface area contributed by atoms with Gasteiger partial charge < -0.3 is 15.5 Å². The summed E-state index contributed by atoms with van der Waals surface area (Å²) in [6.07, 6.45) is 3.46. The summed E-state index contributed by atoms with van der Waals surface area (Å²) in [6.45, 7) is 8.30. The largest absolute Gasteiger partial charge is 0.357 e. The van der Waals surface area contributed by atoms with Crippen molar-refractivity contribution >= 4 is 47.2 Å². The molecule has 0 spiro atoms. The summed E-state index contributed by atoms with van der Waals surface area (Å²) < 4.78 is 0. The van der Waals surface area contributed by atoms with Crippen LogP contribution in [0.2, 0.25) is 0 Å². The van der Waals surface area contributed by atoms with Crippen LogP contribution in [0.3, 0.4) is 0 Å². The average molecular weight is 541 g/mol. The smallest absolute Gasteiger partial charge is 0.253 e. The quantitative estimate of drug-likeness (QED) is 0.300. The van der Waals surface area contributed by atoms with Crippen molar-refractivity contribution in [3.63, 3.8) is 0 Å². The Bertz CT molecular complexity index is 786. The summed E-state index contributed by atoms with van der Waals surface area (Å²) in [4.78, 5) is 20.6. The standard InChI is InChI=1S/C23H32N4OS.HI/c1-3-24-23(25-16-18(2)21-8-7-15-29-21)26-17-19-9-11-20(12-10-19)22(28)27-13-5-4-6-14-27;/h7-12,15,18H,3-6,13-14,16-17H2,1-2H3,(H2,24,25,26);1H. The zero-order valence-corrected chi connectivity index (χ0v) is 21.0. The number of aliphatic imine (C=N–C) groups is 1. The minimum atomic E-state index is 0. The van der Waals surface area contributed by atoms with E-state index < -0.39 is 0 Å².